The minimum atomic E-state index is -3.73. The molecule has 0 aromatic heterocycles. The fraction of sp³-hybridized carbons (Fsp3) is 0.350. The molecule has 0 aliphatic carbocycles. The summed E-state index contributed by atoms with van der Waals surface area (Å²) < 4.78 is 31.4. The van der Waals surface area contributed by atoms with Gasteiger partial charge in [-0.25, -0.2) is 8.42 Å². The van der Waals surface area contributed by atoms with Crippen LogP contribution in [-0.4, -0.2) is 33.7 Å². The second-order valence-electron chi connectivity index (χ2n) is 6.72. The first-order valence-electron chi connectivity index (χ1n) is 8.56. The highest BCUT2D eigenvalue weighted by Gasteiger charge is 2.31. The Morgan fingerprint density at radius 3 is 2.22 bits per heavy atom. The highest BCUT2D eigenvalue weighted by molar-refractivity contribution is 7.92. The van der Waals surface area contributed by atoms with Crippen LogP contribution in [0.25, 0.3) is 0 Å². The molecule has 0 unspecified atom stereocenters. The average molecular weight is 391 g/mol. The Morgan fingerprint density at radius 2 is 1.67 bits per heavy atom. The van der Waals surface area contributed by atoms with Gasteiger partial charge in [-0.2, -0.15) is 0 Å². The molecule has 0 heterocycles. The van der Waals surface area contributed by atoms with Crippen molar-refractivity contribution in [3.8, 4) is 5.75 Å². The van der Waals surface area contributed by atoms with Crippen LogP contribution in [0.3, 0.4) is 0 Å². The average Bonchev–Trinajstić information content (AvgIpc) is 2.56. The van der Waals surface area contributed by atoms with E-state index < -0.39 is 22.0 Å². The molecule has 2 aromatic carbocycles. The fourth-order valence-corrected chi connectivity index (χ4v) is 4.11. The molecular weight excluding hydrogens is 364 g/mol. The summed E-state index contributed by atoms with van der Waals surface area (Å²) >= 11 is 0. The molecule has 0 spiro atoms. The van der Waals surface area contributed by atoms with Gasteiger partial charge in [0.2, 0.25) is 15.9 Å². The van der Waals surface area contributed by atoms with E-state index in [-0.39, 0.29) is 0 Å². The quantitative estimate of drug-likeness (QED) is 0.820. The third-order valence-corrected chi connectivity index (χ3v) is 5.53. The first-order chi connectivity index (χ1) is 12.5. The van der Waals surface area contributed by atoms with E-state index in [1.54, 1.807) is 19.1 Å². The smallest absolute Gasteiger partial charge is 0.248 e. The predicted molar refractivity (Wildman–Crippen MR) is 109 cm³/mol. The van der Waals surface area contributed by atoms with Crippen LogP contribution in [0.1, 0.15) is 23.6 Å². The van der Waals surface area contributed by atoms with E-state index in [1.165, 1.54) is 7.11 Å². The number of rotatable bonds is 6. The van der Waals surface area contributed by atoms with Gasteiger partial charge in [0, 0.05) is 5.69 Å². The monoisotopic (exact) mass is 390 g/mol. The summed E-state index contributed by atoms with van der Waals surface area (Å²) in [5, 5.41) is 2.83. The Hall–Kier alpha value is -2.54. The predicted octanol–water partition coefficient (Wildman–Crippen LogP) is 3.41. The number of ether oxygens (including phenoxy) is 1. The Kier molecular flexibility index (Phi) is 6.15. The van der Waals surface area contributed by atoms with Gasteiger partial charge in [0.05, 0.1) is 19.1 Å². The number of aryl methyl sites for hydroxylation is 3. The van der Waals surface area contributed by atoms with E-state index in [0.29, 0.717) is 17.1 Å². The summed E-state index contributed by atoms with van der Waals surface area (Å²) in [4.78, 5) is 12.8. The fourth-order valence-electron chi connectivity index (χ4n) is 2.94. The van der Waals surface area contributed by atoms with Gasteiger partial charge in [-0.1, -0.05) is 23.8 Å². The van der Waals surface area contributed by atoms with Crippen molar-refractivity contribution in [1.82, 2.24) is 0 Å². The van der Waals surface area contributed by atoms with Crippen LogP contribution in [0.15, 0.2) is 36.4 Å². The van der Waals surface area contributed by atoms with E-state index in [9.17, 15) is 13.2 Å². The zero-order chi connectivity index (χ0) is 20.4. The van der Waals surface area contributed by atoms with Gasteiger partial charge in [0.1, 0.15) is 11.8 Å². The van der Waals surface area contributed by atoms with Crippen molar-refractivity contribution in [1.29, 1.82) is 0 Å². The van der Waals surface area contributed by atoms with Gasteiger partial charge in [-0.15, -0.1) is 0 Å². The van der Waals surface area contributed by atoms with Gasteiger partial charge in [-0.05, 0) is 57.0 Å². The molecule has 6 nitrogen and oxygen atoms in total. The second-order valence-corrected chi connectivity index (χ2v) is 8.58. The van der Waals surface area contributed by atoms with Crippen LogP contribution >= 0.6 is 0 Å². The first kappa shape index (κ1) is 20.8. The minimum absolute atomic E-state index is 0.336. The number of carbonyl (C=O) groups is 1. The maximum atomic E-state index is 12.8. The van der Waals surface area contributed by atoms with Crippen molar-refractivity contribution >= 4 is 27.3 Å². The van der Waals surface area contributed by atoms with Crippen LogP contribution in [-0.2, 0) is 14.8 Å². The molecule has 0 radical (unpaired) electrons. The molecule has 7 heteroatoms. The lowest BCUT2D eigenvalue weighted by Gasteiger charge is -2.29. The first-order valence-corrected chi connectivity index (χ1v) is 10.4. The van der Waals surface area contributed by atoms with Crippen LogP contribution in [0.4, 0.5) is 11.4 Å². The Morgan fingerprint density at radius 1 is 1.07 bits per heavy atom. The SMILES string of the molecule is COc1ccc(C)cc1N([C@H](C)C(=O)Nc1ccc(C)cc1C)S(C)(=O)=O. The number of nitrogens with one attached hydrogen (secondary N) is 1. The summed E-state index contributed by atoms with van der Waals surface area (Å²) in [6.45, 7) is 7.27. The highest BCUT2D eigenvalue weighted by atomic mass is 32.2. The number of anilines is 2. The summed E-state index contributed by atoms with van der Waals surface area (Å²) in [5.74, 6) is -0.0341. The van der Waals surface area contributed by atoms with E-state index >= 15 is 0 Å². The topological polar surface area (TPSA) is 75.7 Å². The molecule has 0 fully saturated rings. The molecule has 146 valence electrons. The molecule has 0 aliphatic heterocycles. The molecule has 0 saturated carbocycles. The summed E-state index contributed by atoms with van der Waals surface area (Å²) in [7, 11) is -2.26. The maximum absolute atomic E-state index is 12.8. The largest absolute Gasteiger partial charge is 0.495 e. The van der Waals surface area contributed by atoms with Crippen LogP contribution < -0.4 is 14.4 Å². The van der Waals surface area contributed by atoms with Crippen LogP contribution in [0.2, 0.25) is 0 Å². The number of amides is 1. The number of hydrogen-bond donors (Lipinski definition) is 1. The molecule has 1 amide bonds. The highest BCUT2D eigenvalue weighted by Crippen LogP contribution is 2.33. The van der Waals surface area contributed by atoms with Crippen molar-refractivity contribution in [3.63, 3.8) is 0 Å². The molecule has 1 N–H and O–H groups in total. The van der Waals surface area contributed by atoms with Gasteiger partial charge < -0.3 is 10.1 Å². The lowest BCUT2D eigenvalue weighted by molar-refractivity contribution is -0.116. The molecule has 1 atom stereocenters. The van der Waals surface area contributed by atoms with E-state index in [0.717, 1.165) is 27.3 Å². The number of hydrogen-bond acceptors (Lipinski definition) is 4. The van der Waals surface area contributed by atoms with Crippen molar-refractivity contribution in [2.75, 3.05) is 23.0 Å². The minimum Gasteiger partial charge on any atom is -0.495 e. The van der Waals surface area contributed by atoms with Gasteiger partial charge in [0.15, 0.2) is 0 Å². The van der Waals surface area contributed by atoms with E-state index in [4.69, 9.17) is 4.74 Å². The number of benzene rings is 2. The molecule has 0 saturated heterocycles. The third-order valence-electron chi connectivity index (χ3n) is 4.30. The van der Waals surface area contributed by atoms with Crippen molar-refractivity contribution in [2.45, 2.75) is 33.7 Å². The molecule has 2 aromatic rings. The lowest BCUT2D eigenvalue weighted by Crippen LogP contribution is -2.45. The second kappa shape index (κ2) is 8.00. The van der Waals surface area contributed by atoms with Crippen molar-refractivity contribution in [3.05, 3.63) is 53.1 Å². The summed E-state index contributed by atoms with van der Waals surface area (Å²) in [6.07, 6.45) is 1.08. The van der Waals surface area contributed by atoms with Crippen LogP contribution in [0.5, 0.6) is 5.75 Å². The number of carbonyl (C=O) groups excluding carboxylic acids is 1. The third kappa shape index (κ3) is 4.80. The molecule has 2 rings (SSSR count). The number of sulfonamides is 1. The van der Waals surface area contributed by atoms with Gasteiger partial charge >= 0.3 is 0 Å². The lowest BCUT2D eigenvalue weighted by atomic mass is 10.1. The number of nitrogens with zero attached hydrogens (tertiary/aromatic N) is 1. The Balaban J connectivity index is 2.42. The standard InChI is InChI=1S/C20H26N2O4S/c1-13-7-9-17(15(3)11-13)21-20(23)16(4)22(27(6,24)25)18-12-14(2)8-10-19(18)26-5/h7-12,16H,1-6H3,(H,21,23)/t16-/m1/s1. The zero-order valence-corrected chi connectivity index (χ0v) is 17.3. The molecule has 0 aliphatic rings. The Labute approximate surface area is 161 Å². The van der Waals surface area contributed by atoms with E-state index in [2.05, 4.69) is 5.32 Å². The normalized spacial score (nSPS) is 12.4. The summed E-state index contributed by atoms with van der Waals surface area (Å²) in [6, 6.07) is 9.91. The summed E-state index contributed by atoms with van der Waals surface area (Å²) in [5.41, 5.74) is 3.85. The van der Waals surface area contributed by atoms with Crippen LogP contribution in [0, 0.1) is 20.8 Å². The van der Waals surface area contributed by atoms with Crippen molar-refractivity contribution < 1.29 is 17.9 Å². The Bertz CT molecular complexity index is 954. The van der Waals surface area contributed by atoms with Crippen molar-refractivity contribution in [2.24, 2.45) is 0 Å². The number of methoxy groups -OCH3 is 1. The maximum Gasteiger partial charge on any atom is 0.248 e. The molecule has 0 bridgehead atoms. The van der Waals surface area contributed by atoms with Gasteiger partial charge in [-0.3, -0.25) is 9.10 Å². The molecule has 27 heavy (non-hydrogen) atoms. The van der Waals surface area contributed by atoms with E-state index in [1.807, 2.05) is 45.0 Å². The van der Waals surface area contributed by atoms with Gasteiger partial charge in [0.25, 0.3) is 0 Å². The zero-order valence-electron chi connectivity index (χ0n) is 16.5. The molecular formula is C20H26N2O4S.